The molecule has 20 heavy (non-hydrogen) atoms. The number of carbonyl (C=O) groups excluding carboxylic acids is 1. The maximum absolute atomic E-state index is 12.6. The lowest BCUT2D eigenvalue weighted by Crippen LogP contribution is -2.81. The third kappa shape index (κ3) is 1.71. The van der Waals surface area contributed by atoms with Crippen molar-refractivity contribution in [1.29, 1.82) is 0 Å². The maximum atomic E-state index is 12.6. The van der Waals surface area contributed by atoms with Crippen LogP contribution < -0.4 is 11.1 Å². The van der Waals surface area contributed by atoms with Crippen molar-refractivity contribution in [3.05, 3.63) is 0 Å². The average Bonchev–Trinajstić information content (AvgIpc) is 2.85. The Morgan fingerprint density at radius 1 is 1.50 bits per heavy atom. The second-order valence-corrected chi connectivity index (χ2v) is 6.72. The van der Waals surface area contributed by atoms with Crippen LogP contribution in [-0.2, 0) is 14.3 Å². The van der Waals surface area contributed by atoms with Gasteiger partial charge in [0, 0.05) is 17.9 Å². The first-order valence-corrected chi connectivity index (χ1v) is 7.07. The summed E-state index contributed by atoms with van der Waals surface area (Å²) in [5, 5.41) is 11.9. The molecule has 0 aromatic heterocycles. The highest BCUT2D eigenvalue weighted by atomic mass is 16.5. The van der Waals surface area contributed by atoms with Crippen LogP contribution in [0.4, 0.5) is 0 Å². The topological polar surface area (TPSA) is 102 Å². The highest BCUT2D eigenvalue weighted by Gasteiger charge is 2.71. The molecule has 0 aromatic rings. The Morgan fingerprint density at radius 2 is 2.10 bits per heavy atom. The Morgan fingerprint density at radius 3 is 2.60 bits per heavy atom. The van der Waals surface area contributed by atoms with Crippen molar-refractivity contribution in [2.45, 2.75) is 57.7 Å². The molecule has 0 radical (unpaired) electrons. The second-order valence-electron chi connectivity index (χ2n) is 6.72. The lowest BCUT2D eigenvalue weighted by molar-refractivity contribution is -0.178. The largest absolute Gasteiger partial charge is 0.480 e. The van der Waals surface area contributed by atoms with Gasteiger partial charge in [0.1, 0.15) is 11.1 Å². The van der Waals surface area contributed by atoms with Gasteiger partial charge in [0.15, 0.2) is 0 Å². The monoisotopic (exact) mass is 284 g/mol. The van der Waals surface area contributed by atoms with Gasteiger partial charge in [-0.25, -0.2) is 4.79 Å². The van der Waals surface area contributed by atoms with Crippen LogP contribution in [0.1, 0.15) is 40.5 Å². The van der Waals surface area contributed by atoms with Crippen LogP contribution in [0.2, 0.25) is 0 Å². The van der Waals surface area contributed by atoms with E-state index < -0.39 is 22.5 Å². The zero-order valence-electron chi connectivity index (χ0n) is 12.5. The lowest BCUT2D eigenvalue weighted by Gasteiger charge is -2.61. The van der Waals surface area contributed by atoms with E-state index in [1.165, 1.54) is 6.92 Å². The summed E-state index contributed by atoms with van der Waals surface area (Å²) in [5.74, 6) is -1.47. The van der Waals surface area contributed by atoms with Crippen LogP contribution in [-0.4, -0.2) is 40.8 Å². The summed E-state index contributed by atoms with van der Waals surface area (Å²) in [6.45, 7) is 7.65. The molecule has 1 amide bonds. The van der Waals surface area contributed by atoms with Crippen LogP contribution in [0.3, 0.4) is 0 Å². The van der Waals surface area contributed by atoms with Gasteiger partial charge >= 0.3 is 5.97 Å². The zero-order valence-corrected chi connectivity index (χ0v) is 12.5. The van der Waals surface area contributed by atoms with Gasteiger partial charge in [0.05, 0.1) is 6.10 Å². The normalized spacial score (nSPS) is 37.5. The number of amides is 1. The number of hydrogen-bond donors (Lipinski definition) is 3. The molecule has 2 fully saturated rings. The molecule has 0 spiro atoms. The van der Waals surface area contributed by atoms with Crippen molar-refractivity contribution < 1.29 is 19.4 Å². The predicted molar refractivity (Wildman–Crippen MR) is 73.0 cm³/mol. The fraction of sp³-hybridized carbons (Fsp3) is 0.857. The van der Waals surface area contributed by atoms with Gasteiger partial charge in [0.25, 0.3) is 0 Å². The zero-order chi connectivity index (χ0) is 15.3. The summed E-state index contributed by atoms with van der Waals surface area (Å²) in [6, 6.07) is 0. The van der Waals surface area contributed by atoms with Crippen LogP contribution in [0.15, 0.2) is 0 Å². The smallest absolute Gasteiger partial charge is 0.329 e. The quantitative estimate of drug-likeness (QED) is 0.697. The summed E-state index contributed by atoms with van der Waals surface area (Å²) < 4.78 is 5.64. The molecule has 1 saturated carbocycles. The highest BCUT2D eigenvalue weighted by molar-refractivity contribution is 5.94. The van der Waals surface area contributed by atoms with Crippen molar-refractivity contribution in [2.24, 2.45) is 17.1 Å². The minimum Gasteiger partial charge on any atom is -0.480 e. The summed E-state index contributed by atoms with van der Waals surface area (Å²) in [7, 11) is 0. The first-order valence-electron chi connectivity index (χ1n) is 7.07. The molecule has 6 heteroatoms. The van der Waals surface area contributed by atoms with Crippen molar-refractivity contribution in [1.82, 2.24) is 5.32 Å². The number of ether oxygens (including phenoxy) is 1. The molecule has 2 rings (SSSR count). The number of hydrogen-bond acceptors (Lipinski definition) is 4. The van der Waals surface area contributed by atoms with E-state index in [1.54, 1.807) is 6.92 Å². The number of rotatable bonds is 4. The standard InChI is InChI=1S/C14H24N2O4/c1-5-13(4,11(18)19)16-10(17)14(15)8-6-7-20-9(8)12(14,2)3/h8-9H,5-7,15H2,1-4H3,(H,16,17)(H,18,19). The number of aliphatic carboxylic acids is 1. The summed E-state index contributed by atoms with van der Waals surface area (Å²) in [5.41, 5.74) is 3.53. The Kier molecular flexibility index (Phi) is 3.38. The summed E-state index contributed by atoms with van der Waals surface area (Å²) in [6.07, 6.45) is 1.03. The summed E-state index contributed by atoms with van der Waals surface area (Å²) in [4.78, 5) is 24.0. The molecule has 1 aliphatic heterocycles. The molecule has 0 aromatic carbocycles. The Hall–Kier alpha value is -1.14. The van der Waals surface area contributed by atoms with E-state index in [1.807, 2.05) is 13.8 Å². The van der Waals surface area contributed by atoms with Crippen LogP contribution in [0.5, 0.6) is 0 Å². The molecule has 1 saturated heterocycles. The van der Waals surface area contributed by atoms with E-state index in [0.717, 1.165) is 6.42 Å². The van der Waals surface area contributed by atoms with Gasteiger partial charge in [-0.2, -0.15) is 0 Å². The summed E-state index contributed by atoms with van der Waals surface area (Å²) >= 11 is 0. The fourth-order valence-electron chi connectivity index (χ4n) is 3.49. The molecule has 114 valence electrons. The van der Waals surface area contributed by atoms with Gasteiger partial charge in [-0.15, -0.1) is 0 Å². The molecule has 4 N–H and O–H groups in total. The molecule has 0 bridgehead atoms. The van der Waals surface area contributed by atoms with Gasteiger partial charge in [-0.3, -0.25) is 4.79 Å². The molecule has 2 aliphatic rings. The van der Waals surface area contributed by atoms with E-state index >= 15 is 0 Å². The van der Waals surface area contributed by atoms with Gasteiger partial charge < -0.3 is 20.9 Å². The number of nitrogens with two attached hydrogens (primary N) is 1. The van der Waals surface area contributed by atoms with E-state index in [-0.39, 0.29) is 17.9 Å². The van der Waals surface area contributed by atoms with Gasteiger partial charge in [-0.1, -0.05) is 20.8 Å². The van der Waals surface area contributed by atoms with Crippen molar-refractivity contribution in [2.75, 3.05) is 6.61 Å². The molecule has 4 atom stereocenters. The van der Waals surface area contributed by atoms with Gasteiger partial charge in [0.2, 0.25) is 5.91 Å². The van der Waals surface area contributed by atoms with Crippen LogP contribution >= 0.6 is 0 Å². The molecule has 1 heterocycles. The minimum absolute atomic E-state index is 0.0176. The Bertz CT molecular complexity index is 450. The number of carbonyl (C=O) groups is 2. The molecule has 6 nitrogen and oxygen atoms in total. The average molecular weight is 284 g/mol. The highest BCUT2D eigenvalue weighted by Crippen LogP contribution is 2.58. The Labute approximate surface area is 119 Å². The third-order valence-corrected chi connectivity index (χ3v) is 5.40. The van der Waals surface area contributed by atoms with E-state index in [4.69, 9.17) is 10.5 Å². The van der Waals surface area contributed by atoms with Crippen LogP contribution in [0.25, 0.3) is 0 Å². The molecule has 1 aliphatic carbocycles. The number of carboxylic acid groups (broad SMARTS) is 1. The first kappa shape index (κ1) is 15.3. The molecular weight excluding hydrogens is 260 g/mol. The van der Waals surface area contributed by atoms with Crippen molar-refractivity contribution in [3.8, 4) is 0 Å². The second kappa shape index (κ2) is 4.43. The third-order valence-electron chi connectivity index (χ3n) is 5.40. The minimum atomic E-state index is -1.29. The molecular formula is C14H24N2O4. The van der Waals surface area contributed by atoms with Crippen molar-refractivity contribution >= 4 is 11.9 Å². The Balaban J connectivity index is 2.23. The predicted octanol–water partition coefficient (Wildman–Crippen LogP) is 0.498. The van der Waals surface area contributed by atoms with E-state index in [2.05, 4.69) is 5.32 Å². The lowest BCUT2D eigenvalue weighted by atomic mass is 9.47. The molecule has 4 unspecified atom stereocenters. The van der Waals surface area contributed by atoms with Crippen LogP contribution in [0, 0.1) is 11.3 Å². The number of fused-ring (bicyclic) bond motifs is 1. The SMILES string of the molecule is CCC(C)(NC(=O)C1(N)C2CCOC2C1(C)C)C(=O)O. The van der Waals surface area contributed by atoms with Crippen molar-refractivity contribution in [3.63, 3.8) is 0 Å². The number of nitrogens with one attached hydrogen (secondary N) is 1. The van der Waals surface area contributed by atoms with E-state index in [0.29, 0.717) is 13.0 Å². The first-order chi connectivity index (χ1) is 9.11. The number of carboxylic acids is 1. The van der Waals surface area contributed by atoms with E-state index in [9.17, 15) is 14.7 Å². The maximum Gasteiger partial charge on any atom is 0.329 e. The fourth-order valence-corrected chi connectivity index (χ4v) is 3.49. The van der Waals surface area contributed by atoms with Gasteiger partial charge in [-0.05, 0) is 19.8 Å².